The molecule has 0 spiro atoms. The summed E-state index contributed by atoms with van der Waals surface area (Å²) in [6.45, 7) is 6.50. The van der Waals surface area contributed by atoms with Crippen LogP contribution in [0.2, 0.25) is 0 Å². The Labute approximate surface area is 139 Å². The third kappa shape index (κ3) is 4.18. The van der Waals surface area contributed by atoms with Gasteiger partial charge in [-0.3, -0.25) is 4.68 Å². The van der Waals surface area contributed by atoms with Crippen LogP contribution in [0.4, 0.5) is 0 Å². The van der Waals surface area contributed by atoms with E-state index in [0.29, 0.717) is 11.3 Å². The van der Waals surface area contributed by atoms with Crippen molar-refractivity contribution in [3.63, 3.8) is 0 Å². The zero-order valence-corrected chi connectivity index (χ0v) is 15.5. The molecule has 0 aliphatic carbocycles. The maximum Gasteiger partial charge on any atom is 0.0707 e. The van der Waals surface area contributed by atoms with Gasteiger partial charge in [-0.25, -0.2) is 0 Å². The van der Waals surface area contributed by atoms with Crippen LogP contribution >= 0.6 is 39.5 Å². The quantitative estimate of drug-likeness (QED) is 0.778. The first-order valence-corrected chi connectivity index (χ1v) is 10.4. The molecule has 0 saturated carbocycles. The fraction of sp³-hybridized carbons (Fsp3) is 0.786. The van der Waals surface area contributed by atoms with Crippen molar-refractivity contribution in [1.29, 1.82) is 0 Å². The Bertz CT molecular complexity index is 405. The van der Waals surface area contributed by atoms with E-state index in [4.69, 9.17) is 0 Å². The van der Waals surface area contributed by atoms with E-state index in [0.717, 1.165) is 24.0 Å². The van der Waals surface area contributed by atoms with Crippen molar-refractivity contribution in [2.24, 2.45) is 0 Å². The molecule has 1 fully saturated rings. The highest BCUT2D eigenvalue weighted by Gasteiger charge is 2.29. The lowest BCUT2D eigenvalue weighted by Gasteiger charge is -2.31. The largest absolute Gasteiger partial charge is 0.308 e. The van der Waals surface area contributed by atoms with Crippen molar-refractivity contribution in [1.82, 2.24) is 15.1 Å². The fourth-order valence-electron chi connectivity index (χ4n) is 2.47. The van der Waals surface area contributed by atoms with E-state index in [1.54, 1.807) is 0 Å². The molecule has 1 aromatic rings. The summed E-state index contributed by atoms with van der Waals surface area (Å²) in [6.07, 6.45) is 4.24. The number of hydrogen-bond donors (Lipinski definition) is 1. The summed E-state index contributed by atoms with van der Waals surface area (Å²) >= 11 is 7.90. The molecular weight excluding hydrogens is 354 g/mol. The Balaban J connectivity index is 2.22. The molecule has 0 bridgehead atoms. The van der Waals surface area contributed by atoms with Crippen molar-refractivity contribution < 1.29 is 0 Å². The van der Waals surface area contributed by atoms with Crippen molar-refractivity contribution >= 4 is 39.5 Å². The van der Waals surface area contributed by atoms with E-state index in [1.807, 2.05) is 6.20 Å². The number of hydrogen-bond acceptors (Lipinski definition) is 4. The minimum Gasteiger partial charge on any atom is -0.308 e. The number of thioether (sulfide) groups is 2. The minimum atomic E-state index is 0.399. The molecule has 0 aromatic carbocycles. The maximum absolute atomic E-state index is 4.54. The summed E-state index contributed by atoms with van der Waals surface area (Å²) in [4.78, 5) is 0. The van der Waals surface area contributed by atoms with Gasteiger partial charge in [0.25, 0.3) is 0 Å². The van der Waals surface area contributed by atoms with Crippen molar-refractivity contribution in [3.05, 3.63) is 16.4 Å². The minimum absolute atomic E-state index is 0.399. The van der Waals surface area contributed by atoms with Crippen LogP contribution in [0.1, 0.15) is 38.4 Å². The van der Waals surface area contributed by atoms with Crippen LogP contribution in [-0.4, -0.2) is 38.8 Å². The number of aromatic nitrogens is 2. The van der Waals surface area contributed by atoms with Crippen LogP contribution in [0.3, 0.4) is 0 Å². The van der Waals surface area contributed by atoms with Crippen molar-refractivity contribution in [2.75, 3.05) is 23.8 Å². The monoisotopic (exact) mass is 377 g/mol. The number of rotatable bonds is 7. The summed E-state index contributed by atoms with van der Waals surface area (Å²) in [5.41, 5.74) is 1.33. The predicted molar refractivity (Wildman–Crippen MR) is 94.8 cm³/mol. The van der Waals surface area contributed by atoms with E-state index in [2.05, 4.69) is 68.4 Å². The van der Waals surface area contributed by atoms with Gasteiger partial charge in [-0.1, -0.05) is 13.8 Å². The highest BCUT2D eigenvalue weighted by atomic mass is 79.9. The lowest BCUT2D eigenvalue weighted by molar-refractivity contribution is 0.468. The van der Waals surface area contributed by atoms with Crippen LogP contribution in [0.15, 0.2) is 10.7 Å². The second-order valence-corrected chi connectivity index (χ2v) is 8.37. The first-order valence-electron chi connectivity index (χ1n) is 7.41. The average Bonchev–Trinajstić information content (AvgIpc) is 2.83. The molecule has 6 heteroatoms. The van der Waals surface area contributed by atoms with Gasteiger partial charge in [0.2, 0.25) is 0 Å². The molecule has 20 heavy (non-hydrogen) atoms. The van der Waals surface area contributed by atoms with Gasteiger partial charge in [-0.05, 0) is 35.3 Å². The first kappa shape index (κ1) is 16.7. The van der Waals surface area contributed by atoms with Crippen molar-refractivity contribution in [3.8, 4) is 0 Å². The van der Waals surface area contributed by atoms with Crippen molar-refractivity contribution in [2.45, 2.75) is 44.5 Å². The average molecular weight is 378 g/mol. The predicted octanol–water partition coefficient (Wildman–Crippen LogP) is 3.94. The number of aryl methyl sites for hydroxylation is 1. The van der Waals surface area contributed by atoms with Crippen LogP contribution in [-0.2, 0) is 6.54 Å². The smallest absolute Gasteiger partial charge is 0.0707 e. The molecule has 0 radical (unpaired) electrons. The molecular formula is C14H24BrN3S2. The van der Waals surface area contributed by atoms with Crippen LogP contribution in [0, 0.1) is 0 Å². The second kappa shape index (κ2) is 8.71. The first-order chi connectivity index (χ1) is 9.77. The van der Waals surface area contributed by atoms with E-state index < -0.39 is 0 Å². The van der Waals surface area contributed by atoms with Crippen LogP contribution in [0.5, 0.6) is 0 Å². The summed E-state index contributed by atoms with van der Waals surface area (Å²) in [7, 11) is 0. The maximum atomic E-state index is 4.54. The van der Waals surface area contributed by atoms with Crippen LogP contribution in [0.25, 0.3) is 0 Å². The van der Waals surface area contributed by atoms with Gasteiger partial charge >= 0.3 is 0 Å². The van der Waals surface area contributed by atoms with E-state index >= 15 is 0 Å². The molecule has 2 atom stereocenters. The number of nitrogens with one attached hydrogen (secondary N) is 1. The topological polar surface area (TPSA) is 29.9 Å². The molecule has 2 heterocycles. The van der Waals surface area contributed by atoms with Gasteiger partial charge in [0.1, 0.15) is 0 Å². The van der Waals surface area contributed by atoms with Gasteiger partial charge in [0.05, 0.1) is 22.4 Å². The molecule has 1 aliphatic heterocycles. The molecule has 1 aliphatic rings. The Kier molecular flexibility index (Phi) is 7.28. The third-order valence-electron chi connectivity index (χ3n) is 3.39. The zero-order chi connectivity index (χ0) is 14.4. The number of halogens is 1. The summed E-state index contributed by atoms with van der Waals surface area (Å²) in [6, 6.07) is 0.399. The molecule has 1 aromatic heterocycles. The van der Waals surface area contributed by atoms with E-state index in [-0.39, 0.29) is 0 Å². The molecule has 114 valence electrons. The Morgan fingerprint density at radius 1 is 1.45 bits per heavy atom. The molecule has 2 unspecified atom stereocenters. The van der Waals surface area contributed by atoms with Crippen LogP contribution < -0.4 is 5.32 Å². The SMILES string of the molecule is CCCNC(c1c(Br)cnn1CCC)C1CSCCS1. The Morgan fingerprint density at radius 3 is 2.95 bits per heavy atom. The third-order valence-corrected chi connectivity index (χ3v) is 6.87. The van der Waals surface area contributed by atoms with Gasteiger partial charge in [-0.2, -0.15) is 28.6 Å². The standard InChI is InChI=1S/C14H24BrN3S2/c1-3-5-16-13(12-10-19-7-8-20-12)14-11(15)9-17-18(14)6-4-2/h9,12-13,16H,3-8,10H2,1-2H3. The van der Waals surface area contributed by atoms with E-state index in [9.17, 15) is 0 Å². The molecule has 0 amide bonds. The van der Waals surface area contributed by atoms with Gasteiger partial charge < -0.3 is 5.32 Å². The van der Waals surface area contributed by atoms with Gasteiger partial charge in [-0.15, -0.1) is 0 Å². The molecule has 1 N–H and O–H groups in total. The highest BCUT2D eigenvalue weighted by molar-refractivity contribution is 9.10. The highest BCUT2D eigenvalue weighted by Crippen LogP contribution is 2.36. The summed E-state index contributed by atoms with van der Waals surface area (Å²) in [5, 5.41) is 8.94. The molecule has 2 rings (SSSR count). The summed E-state index contributed by atoms with van der Waals surface area (Å²) < 4.78 is 3.33. The zero-order valence-electron chi connectivity index (χ0n) is 12.3. The second-order valence-electron chi connectivity index (χ2n) is 5.02. The summed E-state index contributed by atoms with van der Waals surface area (Å²) in [5.74, 6) is 3.78. The Hall–Kier alpha value is 0.350. The Morgan fingerprint density at radius 2 is 2.30 bits per heavy atom. The fourth-order valence-corrected chi connectivity index (χ4v) is 5.86. The molecule has 1 saturated heterocycles. The van der Waals surface area contributed by atoms with Gasteiger partial charge in [0.15, 0.2) is 0 Å². The normalized spacial score (nSPS) is 21.1. The lowest BCUT2D eigenvalue weighted by Crippen LogP contribution is -2.36. The lowest BCUT2D eigenvalue weighted by atomic mass is 10.1. The van der Waals surface area contributed by atoms with E-state index in [1.165, 1.54) is 29.4 Å². The molecule has 3 nitrogen and oxygen atoms in total. The number of nitrogens with zero attached hydrogens (tertiary/aromatic N) is 2. The van der Waals surface area contributed by atoms with Gasteiger partial charge in [0, 0.05) is 29.1 Å².